The number of halogens is 2. The van der Waals surface area contributed by atoms with Gasteiger partial charge >= 0.3 is 0 Å². The lowest BCUT2D eigenvalue weighted by Crippen LogP contribution is -2.01. The zero-order valence-electron chi connectivity index (χ0n) is 25.7. The Morgan fingerprint density at radius 2 is 1.07 bits per heavy atom. The Hall–Kier alpha value is -5.38. The number of benzene rings is 4. The molecule has 4 aromatic rings. The summed E-state index contributed by atoms with van der Waals surface area (Å²) < 4.78 is 57.9. The largest absolute Gasteiger partial charge is 0.507 e. The van der Waals surface area contributed by atoms with E-state index in [1.165, 1.54) is 31.4 Å². The maximum atomic E-state index is 13.4. The summed E-state index contributed by atoms with van der Waals surface area (Å²) in [6.45, 7) is 4.85. The average Bonchev–Trinajstić information content (AvgIpc) is 3.04. The highest BCUT2D eigenvalue weighted by molar-refractivity contribution is 5.54. The fourth-order valence-electron chi connectivity index (χ4n) is 3.78. The van der Waals surface area contributed by atoms with Gasteiger partial charge in [-0.2, -0.15) is 0 Å². The van der Waals surface area contributed by atoms with Gasteiger partial charge in [0.25, 0.3) is 0 Å². The molecule has 0 unspecified atom stereocenters. The molecule has 0 aliphatic heterocycles. The molecule has 0 amide bonds. The maximum Gasteiger partial charge on any atom is 0.188 e. The molecule has 0 saturated heterocycles. The van der Waals surface area contributed by atoms with Crippen LogP contribution in [0.1, 0.15) is 36.1 Å². The molecule has 0 aliphatic rings. The standard InChI is InChI=1S/C19H19FO4.C17H15FO3/c1-4-23-19-11-14(6-10-17(19)22-3)5-7-15-8-9-16(20)12-18(15)24-13-21-2;1-3-21-17-10-12(5-9-16(17)20-2)4-6-13-7-8-14(18)11-15(13)19/h6,8-12H,4,13H2,1-3H3;5,7-11,19H,3H2,1-2H3. The topological polar surface area (TPSA) is 75.6 Å². The van der Waals surface area contributed by atoms with Gasteiger partial charge < -0.3 is 33.5 Å². The molecule has 4 aromatic carbocycles. The predicted octanol–water partition coefficient (Wildman–Crippen LogP) is 6.95. The lowest BCUT2D eigenvalue weighted by atomic mass is 10.1. The molecule has 0 spiro atoms. The minimum atomic E-state index is -0.499. The van der Waals surface area contributed by atoms with Crippen LogP contribution in [0.25, 0.3) is 0 Å². The van der Waals surface area contributed by atoms with E-state index in [1.54, 1.807) is 50.6 Å². The van der Waals surface area contributed by atoms with Gasteiger partial charge in [0, 0.05) is 30.4 Å². The van der Waals surface area contributed by atoms with Crippen LogP contribution >= 0.6 is 0 Å². The highest BCUT2D eigenvalue weighted by Crippen LogP contribution is 2.29. The van der Waals surface area contributed by atoms with Crippen LogP contribution in [0.2, 0.25) is 0 Å². The van der Waals surface area contributed by atoms with E-state index >= 15 is 0 Å². The van der Waals surface area contributed by atoms with Crippen LogP contribution in [0.4, 0.5) is 8.78 Å². The summed E-state index contributed by atoms with van der Waals surface area (Å²) in [5.41, 5.74) is 2.40. The molecule has 4 rings (SSSR count). The molecule has 0 heterocycles. The molecule has 0 radical (unpaired) electrons. The summed E-state index contributed by atoms with van der Waals surface area (Å²) in [4.78, 5) is 0. The van der Waals surface area contributed by atoms with Crippen LogP contribution in [0.5, 0.6) is 34.5 Å². The van der Waals surface area contributed by atoms with E-state index < -0.39 is 11.6 Å². The minimum Gasteiger partial charge on any atom is -0.507 e. The Morgan fingerprint density at radius 1 is 0.556 bits per heavy atom. The van der Waals surface area contributed by atoms with E-state index in [2.05, 4.69) is 23.7 Å². The molecule has 0 fully saturated rings. The van der Waals surface area contributed by atoms with Crippen molar-refractivity contribution in [2.75, 3.05) is 41.3 Å². The molecule has 0 aromatic heterocycles. The van der Waals surface area contributed by atoms with E-state index in [-0.39, 0.29) is 12.5 Å². The Kier molecular flexibility index (Phi) is 13.4. The monoisotopic (exact) mass is 616 g/mol. The molecular formula is C36H34F2O7. The van der Waals surface area contributed by atoms with E-state index in [0.29, 0.717) is 58.7 Å². The molecule has 0 saturated carbocycles. The van der Waals surface area contributed by atoms with Crippen LogP contribution in [0, 0.1) is 35.3 Å². The van der Waals surface area contributed by atoms with Crippen molar-refractivity contribution in [2.24, 2.45) is 0 Å². The van der Waals surface area contributed by atoms with Crippen molar-refractivity contribution in [2.45, 2.75) is 13.8 Å². The molecule has 234 valence electrons. The van der Waals surface area contributed by atoms with Gasteiger partial charge in [0.05, 0.1) is 38.6 Å². The van der Waals surface area contributed by atoms with Crippen LogP contribution in [0.15, 0.2) is 72.8 Å². The van der Waals surface area contributed by atoms with Crippen molar-refractivity contribution in [3.63, 3.8) is 0 Å². The Bertz CT molecular complexity index is 1700. The second kappa shape index (κ2) is 17.7. The number of hydrogen-bond donors (Lipinski definition) is 1. The summed E-state index contributed by atoms with van der Waals surface area (Å²) in [5, 5.41) is 9.60. The van der Waals surface area contributed by atoms with E-state index in [0.717, 1.165) is 11.6 Å². The van der Waals surface area contributed by atoms with Gasteiger partial charge in [-0.05, 0) is 74.5 Å². The number of phenolic OH excluding ortho intramolecular Hbond substituents is 1. The first-order valence-corrected chi connectivity index (χ1v) is 13.9. The molecular weight excluding hydrogens is 582 g/mol. The number of hydrogen-bond acceptors (Lipinski definition) is 7. The van der Waals surface area contributed by atoms with Crippen LogP contribution < -0.4 is 23.7 Å². The van der Waals surface area contributed by atoms with Gasteiger partial charge in [0.1, 0.15) is 23.1 Å². The summed E-state index contributed by atoms with van der Waals surface area (Å²) in [5.74, 6) is 13.5. The molecule has 7 nitrogen and oxygen atoms in total. The van der Waals surface area contributed by atoms with Crippen LogP contribution in [-0.4, -0.2) is 46.4 Å². The number of ether oxygens (including phenoxy) is 6. The third-order valence-corrected chi connectivity index (χ3v) is 5.85. The van der Waals surface area contributed by atoms with Gasteiger partial charge in [0.15, 0.2) is 29.8 Å². The SMILES string of the molecule is CCOc1cc(C#Cc2ccc(F)cc2O)ccc1OC.CCOc1cc(C#Cc2ccc(F)cc2OCOC)ccc1OC. The fraction of sp³-hybridized carbons (Fsp3) is 0.222. The van der Waals surface area contributed by atoms with Crippen molar-refractivity contribution in [1.82, 2.24) is 0 Å². The zero-order valence-corrected chi connectivity index (χ0v) is 25.7. The first kappa shape index (κ1) is 34.1. The lowest BCUT2D eigenvalue weighted by Gasteiger charge is -2.09. The van der Waals surface area contributed by atoms with Crippen molar-refractivity contribution in [1.29, 1.82) is 0 Å². The van der Waals surface area contributed by atoms with Crippen LogP contribution in [0.3, 0.4) is 0 Å². The number of aromatic hydroxyl groups is 1. The quantitative estimate of drug-likeness (QED) is 0.161. The van der Waals surface area contributed by atoms with Gasteiger partial charge in [-0.3, -0.25) is 0 Å². The van der Waals surface area contributed by atoms with Crippen molar-refractivity contribution >= 4 is 0 Å². The average molecular weight is 617 g/mol. The second-order valence-electron chi connectivity index (χ2n) is 8.95. The third-order valence-electron chi connectivity index (χ3n) is 5.85. The Balaban J connectivity index is 0.000000248. The van der Waals surface area contributed by atoms with E-state index in [4.69, 9.17) is 28.4 Å². The highest BCUT2D eigenvalue weighted by Gasteiger charge is 2.07. The second-order valence-corrected chi connectivity index (χ2v) is 8.95. The van der Waals surface area contributed by atoms with E-state index in [1.807, 2.05) is 19.9 Å². The molecule has 9 heteroatoms. The van der Waals surface area contributed by atoms with Crippen molar-refractivity contribution < 1.29 is 42.3 Å². The third kappa shape index (κ3) is 10.4. The summed E-state index contributed by atoms with van der Waals surface area (Å²) in [6.07, 6.45) is 0. The van der Waals surface area contributed by atoms with Gasteiger partial charge in [-0.1, -0.05) is 23.7 Å². The molecule has 0 atom stereocenters. The molecule has 0 aliphatic carbocycles. The normalized spacial score (nSPS) is 9.76. The Morgan fingerprint density at radius 3 is 1.56 bits per heavy atom. The van der Waals surface area contributed by atoms with Gasteiger partial charge in [-0.15, -0.1) is 0 Å². The lowest BCUT2D eigenvalue weighted by molar-refractivity contribution is 0.0507. The molecule has 45 heavy (non-hydrogen) atoms. The smallest absolute Gasteiger partial charge is 0.188 e. The summed E-state index contributed by atoms with van der Waals surface area (Å²) >= 11 is 0. The number of methoxy groups -OCH3 is 3. The number of phenols is 1. The minimum absolute atomic E-state index is 0.0230. The Labute approximate surface area is 262 Å². The van der Waals surface area contributed by atoms with Gasteiger partial charge in [0.2, 0.25) is 0 Å². The van der Waals surface area contributed by atoms with Crippen LogP contribution in [-0.2, 0) is 4.74 Å². The maximum absolute atomic E-state index is 13.4. The summed E-state index contributed by atoms with van der Waals surface area (Å²) in [7, 11) is 4.65. The van der Waals surface area contributed by atoms with Crippen molar-refractivity contribution in [3.05, 3.63) is 107 Å². The first-order chi connectivity index (χ1) is 21.8. The molecule has 0 bridgehead atoms. The highest BCUT2D eigenvalue weighted by atomic mass is 19.1. The van der Waals surface area contributed by atoms with Crippen molar-refractivity contribution in [3.8, 4) is 58.2 Å². The first-order valence-electron chi connectivity index (χ1n) is 13.9. The summed E-state index contributed by atoms with van der Waals surface area (Å²) in [6, 6.07) is 18.6. The van der Waals surface area contributed by atoms with Gasteiger partial charge in [-0.25, -0.2) is 8.78 Å². The number of rotatable bonds is 9. The van der Waals surface area contributed by atoms with E-state index in [9.17, 15) is 13.9 Å². The fourth-order valence-corrected chi connectivity index (χ4v) is 3.78. The molecule has 1 N–H and O–H groups in total. The predicted molar refractivity (Wildman–Crippen MR) is 167 cm³/mol. The zero-order chi connectivity index (χ0) is 32.6.